The number of rotatable bonds is 5. The Morgan fingerprint density at radius 3 is 2.86 bits per heavy atom. The molecule has 3 aromatic rings. The quantitative estimate of drug-likeness (QED) is 0.709. The number of aryl methyl sites for hydroxylation is 1. The van der Waals surface area contributed by atoms with Gasteiger partial charge in [0, 0.05) is 38.6 Å². The highest BCUT2D eigenvalue weighted by atomic mass is 16.5. The summed E-state index contributed by atoms with van der Waals surface area (Å²) in [6.07, 6.45) is 3.54. The Morgan fingerprint density at radius 1 is 1.21 bits per heavy atom. The number of benzene rings is 1. The summed E-state index contributed by atoms with van der Waals surface area (Å²) in [4.78, 5) is 23.6. The predicted octanol–water partition coefficient (Wildman–Crippen LogP) is 2.16. The number of aromatic nitrogens is 3. The molecule has 2 aromatic heterocycles. The van der Waals surface area contributed by atoms with Gasteiger partial charge < -0.3 is 19.9 Å². The van der Waals surface area contributed by atoms with Crippen LogP contribution in [0.2, 0.25) is 0 Å². The Labute approximate surface area is 163 Å². The Kier molecular flexibility index (Phi) is 5.50. The fourth-order valence-electron chi connectivity index (χ4n) is 3.45. The largest absolute Gasteiger partial charge is 0.379 e. The summed E-state index contributed by atoms with van der Waals surface area (Å²) < 4.78 is 7.38. The van der Waals surface area contributed by atoms with Crippen LogP contribution in [0.5, 0.6) is 0 Å². The highest BCUT2D eigenvalue weighted by Gasteiger charge is 2.24. The van der Waals surface area contributed by atoms with E-state index in [2.05, 4.69) is 25.5 Å². The summed E-state index contributed by atoms with van der Waals surface area (Å²) in [6.45, 7) is 3.50. The van der Waals surface area contributed by atoms with Gasteiger partial charge in [-0.1, -0.05) is 6.07 Å². The molecule has 0 aliphatic carbocycles. The van der Waals surface area contributed by atoms with Gasteiger partial charge >= 0.3 is 6.03 Å². The zero-order chi connectivity index (χ0) is 19.3. The van der Waals surface area contributed by atoms with Crippen LogP contribution in [0.15, 0.2) is 48.9 Å². The summed E-state index contributed by atoms with van der Waals surface area (Å²) in [6, 6.07) is 11.3. The van der Waals surface area contributed by atoms with Gasteiger partial charge in [0.2, 0.25) is 0 Å². The Hall–Kier alpha value is -2.97. The van der Waals surface area contributed by atoms with Crippen molar-refractivity contribution in [2.45, 2.75) is 6.04 Å². The molecule has 0 saturated carbocycles. The molecule has 1 fully saturated rings. The third-order valence-corrected chi connectivity index (χ3v) is 4.95. The van der Waals surface area contributed by atoms with Gasteiger partial charge in [0.1, 0.15) is 0 Å². The zero-order valence-corrected chi connectivity index (χ0v) is 15.8. The van der Waals surface area contributed by atoms with Gasteiger partial charge in [-0.05, 0) is 30.3 Å². The van der Waals surface area contributed by atoms with Gasteiger partial charge in [0.15, 0.2) is 0 Å². The maximum Gasteiger partial charge on any atom is 0.319 e. The van der Waals surface area contributed by atoms with Gasteiger partial charge in [0.25, 0.3) is 0 Å². The molecule has 0 spiro atoms. The fraction of sp³-hybridized carbons (Fsp3) is 0.350. The van der Waals surface area contributed by atoms with Gasteiger partial charge in [-0.2, -0.15) is 0 Å². The number of urea groups is 1. The van der Waals surface area contributed by atoms with Gasteiger partial charge in [-0.15, -0.1) is 0 Å². The molecule has 0 radical (unpaired) electrons. The number of amides is 2. The van der Waals surface area contributed by atoms with Crippen molar-refractivity contribution in [2.75, 3.05) is 38.2 Å². The van der Waals surface area contributed by atoms with Gasteiger partial charge in [0.05, 0.1) is 42.3 Å². The molecule has 28 heavy (non-hydrogen) atoms. The molecule has 1 saturated heterocycles. The average molecular weight is 380 g/mol. The van der Waals surface area contributed by atoms with E-state index in [1.165, 1.54) is 0 Å². The van der Waals surface area contributed by atoms with E-state index in [1.807, 2.05) is 48.0 Å². The minimum absolute atomic E-state index is 0.00963. The highest BCUT2D eigenvalue weighted by Crippen LogP contribution is 2.20. The van der Waals surface area contributed by atoms with Crippen LogP contribution in [0, 0.1) is 0 Å². The number of anilines is 1. The number of hydrogen-bond acceptors (Lipinski definition) is 5. The van der Waals surface area contributed by atoms with Crippen molar-refractivity contribution in [3.63, 3.8) is 0 Å². The Balaban J connectivity index is 1.42. The fourth-order valence-corrected chi connectivity index (χ4v) is 3.45. The number of carbonyl (C=O) groups is 1. The zero-order valence-electron chi connectivity index (χ0n) is 15.8. The number of carbonyl (C=O) groups excluding carboxylic acids is 1. The summed E-state index contributed by atoms with van der Waals surface area (Å²) >= 11 is 0. The van der Waals surface area contributed by atoms with Crippen molar-refractivity contribution in [1.82, 2.24) is 24.8 Å². The third-order valence-electron chi connectivity index (χ3n) is 4.95. The summed E-state index contributed by atoms with van der Waals surface area (Å²) in [7, 11) is 1.93. The number of nitrogens with zero attached hydrogens (tertiary/aromatic N) is 4. The molecule has 8 nitrogen and oxygen atoms in total. The first-order chi connectivity index (χ1) is 13.7. The maximum absolute atomic E-state index is 12.5. The smallest absolute Gasteiger partial charge is 0.319 e. The number of imidazole rings is 1. The molecule has 0 bridgehead atoms. The lowest BCUT2D eigenvalue weighted by molar-refractivity contribution is 0.0159. The minimum Gasteiger partial charge on any atom is -0.379 e. The molecular formula is C20H24N6O2. The molecule has 3 heterocycles. The van der Waals surface area contributed by atoms with Crippen molar-refractivity contribution in [3.8, 4) is 0 Å². The molecule has 1 aliphatic heterocycles. The van der Waals surface area contributed by atoms with Crippen molar-refractivity contribution in [3.05, 3.63) is 54.6 Å². The van der Waals surface area contributed by atoms with Crippen LogP contribution in [0.1, 0.15) is 11.7 Å². The lowest BCUT2D eigenvalue weighted by Gasteiger charge is -2.34. The number of pyridine rings is 1. The van der Waals surface area contributed by atoms with E-state index in [1.54, 1.807) is 12.5 Å². The van der Waals surface area contributed by atoms with Crippen LogP contribution in [0.3, 0.4) is 0 Å². The maximum atomic E-state index is 12.5. The van der Waals surface area contributed by atoms with E-state index in [-0.39, 0.29) is 12.1 Å². The van der Waals surface area contributed by atoms with Crippen LogP contribution in [-0.4, -0.2) is 58.3 Å². The van der Waals surface area contributed by atoms with E-state index in [9.17, 15) is 4.79 Å². The first kappa shape index (κ1) is 18.4. The van der Waals surface area contributed by atoms with Crippen molar-refractivity contribution in [2.24, 2.45) is 7.05 Å². The number of morpholine rings is 1. The first-order valence-corrected chi connectivity index (χ1v) is 9.39. The number of fused-ring (bicyclic) bond motifs is 1. The number of nitrogens with one attached hydrogen (secondary N) is 2. The minimum atomic E-state index is -0.240. The molecule has 8 heteroatoms. The molecular weight excluding hydrogens is 356 g/mol. The third kappa shape index (κ3) is 4.13. The van der Waals surface area contributed by atoms with Crippen molar-refractivity contribution >= 4 is 22.8 Å². The molecule has 1 atom stereocenters. The van der Waals surface area contributed by atoms with Crippen LogP contribution in [0.4, 0.5) is 10.5 Å². The summed E-state index contributed by atoms with van der Waals surface area (Å²) in [5.74, 6) is 0. The molecule has 0 unspecified atom stereocenters. The van der Waals surface area contributed by atoms with Gasteiger partial charge in [-0.25, -0.2) is 9.78 Å². The van der Waals surface area contributed by atoms with Crippen LogP contribution < -0.4 is 10.6 Å². The summed E-state index contributed by atoms with van der Waals surface area (Å²) in [5, 5.41) is 5.89. The molecule has 1 aliphatic rings. The predicted molar refractivity (Wildman–Crippen MR) is 107 cm³/mol. The lowest BCUT2D eigenvalue weighted by atomic mass is 10.1. The Morgan fingerprint density at radius 2 is 2.07 bits per heavy atom. The molecule has 2 amide bonds. The second-order valence-electron chi connectivity index (χ2n) is 6.81. The highest BCUT2D eigenvalue weighted by molar-refractivity contribution is 5.91. The van der Waals surface area contributed by atoms with Crippen LogP contribution in [0.25, 0.3) is 11.0 Å². The van der Waals surface area contributed by atoms with E-state index >= 15 is 0 Å². The molecule has 2 N–H and O–H groups in total. The van der Waals surface area contributed by atoms with Crippen molar-refractivity contribution < 1.29 is 9.53 Å². The molecule has 146 valence electrons. The molecule has 4 rings (SSSR count). The second kappa shape index (κ2) is 8.37. The lowest BCUT2D eigenvalue weighted by Crippen LogP contribution is -2.44. The van der Waals surface area contributed by atoms with E-state index < -0.39 is 0 Å². The van der Waals surface area contributed by atoms with Gasteiger partial charge in [-0.3, -0.25) is 9.88 Å². The van der Waals surface area contributed by atoms with Crippen LogP contribution in [-0.2, 0) is 11.8 Å². The van der Waals surface area contributed by atoms with Crippen LogP contribution >= 0.6 is 0 Å². The normalized spacial score (nSPS) is 16.0. The molecule has 1 aromatic carbocycles. The average Bonchev–Trinajstić information content (AvgIpc) is 3.10. The van der Waals surface area contributed by atoms with E-state index in [4.69, 9.17) is 4.74 Å². The number of ether oxygens (including phenoxy) is 1. The van der Waals surface area contributed by atoms with E-state index in [0.29, 0.717) is 19.8 Å². The van der Waals surface area contributed by atoms with E-state index in [0.717, 1.165) is 35.5 Å². The standard InChI is InChI=1S/C20H24N6O2/c1-25-14-23-17-6-5-15(12-18(17)25)24-20(27)22-13-19(16-4-2-3-7-21-16)26-8-10-28-11-9-26/h2-7,12,14,19H,8-11,13H2,1H3,(H2,22,24,27)/t19-/m1/s1. The van der Waals surface area contributed by atoms with Crippen molar-refractivity contribution in [1.29, 1.82) is 0 Å². The SMILES string of the molecule is Cn1cnc2ccc(NC(=O)NC[C@H](c3ccccn3)N3CCOCC3)cc21. The topological polar surface area (TPSA) is 84.3 Å². The second-order valence-corrected chi connectivity index (χ2v) is 6.81. The Bertz CT molecular complexity index is 936. The first-order valence-electron chi connectivity index (χ1n) is 9.39. The summed E-state index contributed by atoms with van der Waals surface area (Å²) in [5.41, 5.74) is 3.55. The monoisotopic (exact) mass is 380 g/mol. The number of hydrogen-bond donors (Lipinski definition) is 2.